The number of rotatable bonds is 4. The zero-order valence-corrected chi connectivity index (χ0v) is 16.0. The number of hydrogen-bond donors (Lipinski definition) is 0. The fraction of sp³-hybridized carbons (Fsp3) is 0.130. The first-order chi connectivity index (χ1) is 13.1. The fourth-order valence-corrected chi connectivity index (χ4v) is 3.87. The standard InChI is InChI=1S/C23H19NO2S/c1-24(14-15-7-10-17(27-2)11-8-15)23(26)16-9-12-19-18-5-3-4-6-20(18)22(25)21(19)13-16/h3-13H,14H2,1-2H3. The van der Waals surface area contributed by atoms with Gasteiger partial charge in [0.1, 0.15) is 0 Å². The molecule has 0 radical (unpaired) electrons. The Balaban J connectivity index is 1.57. The Labute approximate surface area is 163 Å². The molecule has 1 aliphatic carbocycles. The molecule has 0 aliphatic heterocycles. The van der Waals surface area contributed by atoms with E-state index in [4.69, 9.17) is 0 Å². The second-order valence-corrected chi connectivity index (χ2v) is 7.52. The molecule has 0 N–H and O–H groups in total. The first-order valence-electron chi connectivity index (χ1n) is 8.75. The molecule has 27 heavy (non-hydrogen) atoms. The molecule has 0 spiro atoms. The molecule has 4 rings (SSSR count). The average Bonchev–Trinajstić information content (AvgIpc) is 3.00. The number of fused-ring (bicyclic) bond motifs is 3. The first kappa shape index (κ1) is 17.6. The van der Waals surface area contributed by atoms with E-state index >= 15 is 0 Å². The van der Waals surface area contributed by atoms with Gasteiger partial charge in [-0.25, -0.2) is 0 Å². The van der Waals surface area contributed by atoms with Crippen LogP contribution in [0.15, 0.2) is 71.6 Å². The Morgan fingerprint density at radius 1 is 0.889 bits per heavy atom. The van der Waals surface area contributed by atoms with E-state index in [9.17, 15) is 9.59 Å². The summed E-state index contributed by atoms with van der Waals surface area (Å²) in [5, 5.41) is 0. The smallest absolute Gasteiger partial charge is 0.253 e. The molecule has 0 saturated carbocycles. The van der Waals surface area contributed by atoms with Crippen molar-refractivity contribution < 1.29 is 9.59 Å². The maximum absolute atomic E-state index is 12.9. The van der Waals surface area contributed by atoms with Crippen LogP contribution in [0.1, 0.15) is 31.8 Å². The summed E-state index contributed by atoms with van der Waals surface area (Å²) in [6.07, 6.45) is 2.04. The van der Waals surface area contributed by atoms with Crippen LogP contribution < -0.4 is 0 Å². The van der Waals surface area contributed by atoms with Gasteiger partial charge in [0.2, 0.25) is 0 Å². The molecule has 0 unspecified atom stereocenters. The number of hydrogen-bond acceptors (Lipinski definition) is 3. The molecule has 3 aromatic rings. The third kappa shape index (κ3) is 3.17. The van der Waals surface area contributed by atoms with Crippen molar-refractivity contribution >= 4 is 23.5 Å². The Morgan fingerprint density at radius 2 is 1.56 bits per heavy atom. The van der Waals surface area contributed by atoms with Gasteiger partial charge < -0.3 is 4.90 Å². The molecule has 0 heterocycles. The molecular formula is C23H19NO2S. The highest BCUT2D eigenvalue weighted by molar-refractivity contribution is 7.98. The number of benzene rings is 3. The zero-order chi connectivity index (χ0) is 19.0. The predicted octanol–water partition coefficient (Wildman–Crippen LogP) is 4.89. The fourth-order valence-electron chi connectivity index (χ4n) is 3.46. The lowest BCUT2D eigenvalue weighted by Gasteiger charge is -2.18. The van der Waals surface area contributed by atoms with E-state index in [1.807, 2.05) is 54.8 Å². The monoisotopic (exact) mass is 373 g/mol. The third-order valence-electron chi connectivity index (χ3n) is 4.90. The minimum absolute atomic E-state index is 0.00874. The van der Waals surface area contributed by atoms with Gasteiger partial charge in [-0.2, -0.15) is 0 Å². The summed E-state index contributed by atoms with van der Waals surface area (Å²) in [7, 11) is 1.79. The van der Waals surface area contributed by atoms with E-state index in [0.717, 1.165) is 16.7 Å². The maximum Gasteiger partial charge on any atom is 0.253 e. The minimum atomic E-state index is -0.0875. The zero-order valence-electron chi connectivity index (χ0n) is 15.2. The van der Waals surface area contributed by atoms with Crippen molar-refractivity contribution in [2.75, 3.05) is 13.3 Å². The van der Waals surface area contributed by atoms with Gasteiger partial charge in [0, 0.05) is 35.2 Å². The van der Waals surface area contributed by atoms with Crippen molar-refractivity contribution in [2.45, 2.75) is 11.4 Å². The van der Waals surface area contributed by atoms with Crippen LogP contribution in [0.25, 0.3) is 11.1 Å². The van der Waals surface area contributed by atoms with Crippen molar-refractivity contribution in [3.63, 3.8) is 0 Å². The normalized spacial score (nSPS) is 11.9. The maximum atomic E-state index is 12.9. The number of amides is 1. The lowest BCUT2D eigenvalue weighted by Crippen LogP contribution is -2.26. The topological polar surface area (TPSA) is 37.4 Å². The number of ketones is 1. The van der Waals surface area contributed by atoms with Gasteiger partial charge in [-0.3, -0.25) is 9.59 Å². The van der Waals surface area contributed by atoms with Crippen molar-refractivity contribution in [3.05, 3.63) is 89.0 Å². The van der Waals surface area contributed by atoms with Gasteiger partial charge >= 0.3 is 0 Å². The van der Waals surface area contributed by atoms with Crippen LogP contribution in [0, 0.1) is 0 Å². The Morgan fingerprint density at radius 3 is 2.26 bits per heavy atom. The van der Waals surface area contributed by atoms with E-state index in [1.54, 1.807) is 29.8 Å². The van der Waals surface area contributed by atoms with E-state index in [0.29, 0.717) is 23.2 Å². The molecule has 1 amide bonds. The third-order valence-corrected chi connectivity index (χ3v) is 5.64. The molecule has 3 aromatic carbocycles. The average molecular weight is 373 g/mol. The highest BCUT2D eigenvalue weighted by Gasteiger charge is 2.27. The van der Waals surface area contributed by atoms with Gasteiger partial charge in [-0.05, 0) is 47.2 Å². The molecule has 4 heteroatoms. The largest absolute Gasteiger partial charge is 0.337 e. The quantitative estimate of drug-likeness (QED) is 0.478. The van der Waals surface area contributed by atoms with Crippen LogP contribution in [-0.2, 0) is 6.54 Å². The molecule has 0 atom stereocenters. The molecule has 0 bridgehead atoms. The number of nitrogens with zero attached hydrogens (tertiary/aromatic N) is 1. The van der Waals surface area contributed by atoms with Crippen molar-refractivity contribution in [2.24, 2.45) is 0 Å². The van der Waals surface area contributed by atoms with Gasteiger partial charge in [0.05, 0.1) is 0 Å². The van der Waals surface area contributed by atoms with Crippen LogP contribution in [0.3, 0.4) is 0 Å². The molecular weight excluding hydrogens is 354 g/mol. The summed E-state index contributed by atoms with van der Waals surface area (Å²) in [6, 6.07) is 21.2. The Hall–Kier alpha value is -2.85. The van der Waals surface area contributed by atoms with E-state index in [2.05, 4.69) is 12.1 Å². The van der Waals surface area contributed by atoms with Crippen molar-refractivity contribution in [1.82, 2.24) is 4.90 Å². The van der Waals surface area contributed by atoms with E-state index in [-0.39, 0.29) is 11.7 Å². The highest BCUT2D eigenvalue weighted by atomic mass is 32.2. The predicted molar refractivity (Wildman–Crippen MR) is 109 cm³/mol. The molecule has 0 aromatic heterocycles. The minimum Gasteiger partial charge on any atom is -0.337 e. The lowest BCUT2D eigenvalue weighted by atomic mass is 10.0. The SMILES string of the molecule is CSc1ccc(CN(C)C(=O)c2ccc3c(c2)C(=O)c2ccccc2-3)cc1. The Bertz CT molecular complexity index is 1040. The molecule has 3 nitrogen and oxygen atoms in total. The van der Waals surface area contributed by atoms with Crippen LogP contribution in [0.2, 0.25) is 0 Å². The lowest BCUT2D eigenvalue weighted by molar-refractivity contribution is 0.0785. The highest BCUT2D eigenvalue weighted by Crippen LogP contribution is 2.36. The summed E-state index contributed by atoms with van der Waals surface area (Å²) >= 11 is 1.69. The van der Waals surface area contributed by atoms with Crippen molar-refractivity contribution in [1.29, 1.82) is 0 Å². The summed E-state index contributed by atoms with van der Waals surface area (Å²) in [5.74, 6) is -0.0962. The summed E-state index contributed by atoms with van der Waals surface area (Å²) in [4.78, 5) is 28.4. The Kier molecular flexibility index (Phi) is 4.58. The number of carbonyl (C=O) groups excluding carboxylic acids is 2. The number of thioether (sulfide) groups is 1. The van der Waals surface area contributed by atoms with Crippen LogP contribution in [0.4, 0.5) is 0 Å². The van der Waals surface area contributed by atoms with E-state index in [1.165, 1.54) is 4.90 Å². The van der Waals surface area contributed by atoms with E-state index < -0.39 is 0 Å². The summed E-state index contributed by atoms with van der Waals surface area (Å²) in [5.41, 5.74) is 4.78. The first-order valence-corrected chi connectivity index (χ1v) is 9.97. The second kappa shape index (κ2) is 7.05. The van der Waals surface area contributed by atoms with Gasteiger partial charge in [0.25, 0.3) is 5.91 Å². The second-order valence-electron chi connectivity index (χ2n) is 6.64. The van der Waals surface area contributed by atoms with Gasteiger partial charge in [0.15, 0.2) is 5.78 Å². The van der Waals surface area contributed by atoms with Gasteiger partial charge in [-0.1, -0.05) is 42.5 Å². The summed E-state index contributed by atoms with van der Waals surface area (Å²) < 4.78 is 0. The molecule has 0 saturated heterocycles. The van der Waals surface area contributed by atoms with Crippen LogP contribution >= 0.6 is 11.8 Å². The van der Waals surface area contributed by atoms with Crippen molar-refractivity contribution in [3.8, 4) is 11.1 Å². The molecule has 134 valence electrons. The molecule has 1 aliphatic rings. The van der Waals surface area contributed by atoms with Crippen LogP contribution in [0.5, 0.6) is 0 Å². The summed E-state index contributed by atoms with van der Waals surface area (Å²) in [6.45, 7) is 0.527. The number of carbonyl (C=O) groups is 2. The van der Waals surface area contributed by atoms with Crippen LogP contribution in [-0.4, -0.2) is 29.9 Å². The van der Waals surface area contributed by atoms with Gasteiger partial charge in [-0.15, -0.1) is 11.8 Å². The molecule has 0 fully saturated rings.